The minimum absolute atomic E-state index is 0.117. The number of nitro groups is 1. The third-order valence-electron chi connectivity index (χ3n) is 4.03. The second-order valence-corrected chi connectivity index (χ2v) is 5.97. The molecule has 1 N–H and O–H groups in total. The predicted molar refractivity (Wildman–Crippen MR) is 105 cm³/mol. The minimum Gasteiger partial charge on any atom is -0.502 e. The Morgan fingerprint density at radius 1 is 1.00 bits per heavy atom. The first kappa shape index (κ1) is 18.8. The second kappa shape index (κ2) is 8.64. The fourth-order valence-electron chi connectivity index (χ4n) is 2.56. The Labute approximate surface area is 161 Å². The van der Waals surface area contributed by atoms with Crippen molar-refractivity contribution in [3.05, 3.63) is 106 Å². The highest BCUT2D eigenvalue weighted by Crippen LogP contribution is 2.29. The molecule has 3 aromatic carbocycles. The number of rotatable bonds is 7. The van der Waals surface area contributed by atoms with Crippen LogP contribution >= 0.6 is 0 Å². The fraction of sp³-hybridized carbons (Fsp3) is 0.0455. The van der Waals surface area contributed by atoms with Crippen molar-refractivity contribution in [1.29, 1.82) is 0 Å². The molecule has 0 saturated carbocycles. The number of nitrogens with zero attached hydrogens (tertiary/aromatic N) is 1. The molecule has 0 bridgehead atoms. The van der Waals surface area contributed by atoms with Crippen molar-refractivity contribution < 1.29 is 19.6 Å². The Morgan fingerprint density at radius 2 is 1.71 bits per heavy atom. The van der Waals surface area contributed by atoms with E-state index in [1.165, 1.54) is 18.2 Å². The molecule has 0 aromatic heterocycles. The summed E-state index contributed by atoms with van der Waals surface area (Å²) in [6.45, 7) is 0.459. The number of allylic oxidation sites excluding steroid dienone is 1. The van der Waals surface area contributed by atoms with Crippen molar-refractivity contribution in [1.82, 2.24) is 0 Å². The molecule has 6 nitrogen and oxygen atoms in total. The molecule has 0 radical (unpaired) electrons. The average molecular weight is 375 g/mol. The number of aromatic hydroxyl groups is 1. The maximum atomic E-state index is 12.2. The highest BCUT2D eigenvalue weighted by molar-refractivity contribution is 6.09. The Hall–Kier alpha value is -3.93. The standard InChI is InChI=1S/C22H17NO5/c24-21(19-7-4-8-20(22(19)25)23(26)27)14-11-16-9-12-18(13-10-16)28-15-17-5-2-1-3-6-17/h1-14,25H,15H2/b14-11+. The number of ether oxygens (including phenoxy) is 1. The normalized spacial score (nSPS) is 10.7. The summed E-state index contributed by atoms with van der Waals surface area (Å²) < 4.78 is 5.71. The Kier molecular flexibility index (Phi) is 5.81. The summed E-state index contributed by atoms with van der Waals surface area (Å²) in [4.78, 5) is 22.4. The van der Waals surface area contributed by atoms with Crippen molar-refractivity contribution in [2.75, 3.05) is 0 Å². The molecule has 0 saturated heterocycles. The first-order valence-corrected chi connectivity index (χ1v) is 8.50. The molecule has 6 heteroatoms. The second-order valence-electron chi connectivity index (χ2n) is 5.97. The predicted octanol–water partition coefficient (Wildman–Crippen LogP) is 4.78. The topological polar surface area (TPSA) is 89.7 Å². The van der Waals surface area contributed by atoms with Gasteiger partial charge in [-0.1, -0.05) is 54.6 Å². The largest absolute Gasteiger partial charge is 0.502 e. The van der Waals surface area contributed by atoms with E-state index in [2.05, 4.69) is 0 Å². The summed E-state index contributed by atoms with van der Waals surface area (Å²) in [5.74, 6) is -0.457. The molecule has 140 valence electrons. The zero-order valence-electron chi connectivity index (χ0n) is 14.8. The van der Waals surface area contributed by atoms with Crippen LogP contribution in [0.3, 0.4) is 0 Å². The minimum atomic E-state index is -0.732. The molecule has 0 heterocycles. The van der Waals surface area contributed by atoms with Gasteiger partial charge in [0.25, 0.3) is 0 Å². The van der Waals surface area contributed by atoms with Gasteiger partial charge in [0.2, 0.25) is 5.75 Å². The van der Waals surface area contributed by atoms with Crippen LogP contribution in [-0.4, -0.2) is 15.8 Å². The summed E-state index contributed by atoms with van der Waals surface area (Å²) >= 11 is 0. The summed E-state index contributed by atoms with van der Waals surface area (Å²) in [5.41, 5.74) is 1.20. The number of hydrogen-bond acceptors (Lipinski definition) is 5. The van der Waals surface area contributed by atoms with E-state index in [9.17, 15) is 20.0 Å². The SMILES string of the molecule is O=C(/C=C/c1ccc(OCc2ccccc2)cc1)c1cccc([N+](=O)[O-])c1O. The number of phenolic OH excluding ortho intramolecular Hbond substituents is 1. The molecule has 0 aliphatic heterocycles. The van der Waals surface area contributed by atoms with Gasteiger partial charge in [-0.15, -0.1) is 0 Å². The number of hydrogen-bond donors (Lipinski definition) is 1. The molecule has 0 fully saturated rings. The molecular formula is C22H17NO5. The number of nitro benzene ring substituents is 1. The van der Waals surface area contributed by atoms with Gasteiger partial charge in [0.1, 0.15) is 12.4 Å². The van der Waals surface area contributed by atoms with Crippen LogP contribution in [0, 0.1) is 10.1 Å². The third kappa shape index (κ3) is 4.62. The van der Waals surface area contributed by atoms with Gasteiger partial charge in [-0.05, 0) is 35.4 Å². The molecule has 0 amide bonds. The number of ketones is 1. The highest BCUT2D eigenvalue weighted by Gasteiger charge is 2.19. The van der Waals surface area contributed by atoms with Gasteiger partial charge in [0.15, 0.2) is 5.78 Å². The zero-order valence-corrected chi connectivity index (χ0v) is 14.8. The quantitative estimate of drug-likeness (QED) is 0.278. The Balaban J connectivity index is 1.65. The molecule has 0 aliphatic carbocycles. The van der Waals surface area contributed by atoms with Crippen molar-refractivity contribution in [3.8, 4) is 11.5 Å². The van der Waals surface area contributed by atoms with Crippen LogP contribution in [0.2, 0.25) is 0 Å². The molecule has 0 spiro atoms. The van der Waals surface area contributed by atoms with Gasteiger partial charge in [-0.25, -0.2) is 0 Å². The van der Waals surface area contributed by atoms with Gasteiger partial charge < -0.3 is 9.84 Å². The summed E-state index contributed by atoms with van der Waals surface area (Å²) in [7, 11) is 0. The van der Waals surface area contributed by atoms with Crippen LogP contribution in [0.15, 0.2) is 78.9 Å². The van der Waals surface area contributed by atoms with Gasteiger partial charge in [0.05, 0.1) is 10.5 Å². The van der Waals surface area contributed by atoms with E-state index in [1.54, 1.807) is 30.3 Å². The van der Waals surface area contributed by atoms with Gasteiger partial charge >= 0.3 is 5.69 Å². The van der Waals surface area contributed by atoms with Crippen LogP contribution in [0.4, 0.5) is 5.69 Å². The van der Waals surface area contributed by atoms with E-state index >= 15 is 0 Å². The molecular weight excluding hydrogens is 358 g/mol. The number of carbonyl (C=O) groups excluding carboxylic acids is 1. The fourth-order valence-corrected chi connectivity index (χ4v) is 2.56. The maximum Gasteiger partial charge on any atom is 0.311 e. The lowest BCUT2D eigenvalue weighted by molar-refractivity contribution is -0.385. The smallest absolute Gasteiger partial charge is 0.311 e. The average Bonchev–Trinajstić information content (AvgIpc) is 2.72. The van der Waals surface area contributed by atoms with Crippen LogP contribution in [0.25, 0.3) is 6.08 Å². The van der Waals surface area contributed by atoms with Crippen molar-refractivity contribution >= 4 is 17.5 Å². The molecule has 3 aromatic rings. The van der Waals surface area contributed by atoms with Crippen LogP contribution in [0.5, 0.6) is 11.5 Å². The van der Waals surface area contributed by atoms with E-state index in [0.29, 0.717) is 12.4 Å². The number of carbonyl (C=O) groups is 1. The summed E-state index contributed by atoms with van der Waals surface area (Å²) in [6.07, 6.45) is 2.83. The summed E-state index contributed by atoms with van der Waals surface area (Å²) in [6, 6.07) is 20.8. The van der Waals surface area contributed by atoms with Crippen LogP contribution in [0.1, 0.15) is 21.5 Å². The lowest BCUT2D eigenvalue weighted by Gasteiger charge is -2.06. The maximum absolute atomic E-state index is 12.2. The molecule has 0 aliphatic rings. The van der Waals surface area contributed by atoms with Crippen LogP contribution < -0.4 is 4.74 Å². The van der Waals surface area contributed by atoms with Gasteiger partial charge in [0, 0.05) is 6.07 Å². The number of benzene rings is 3. The van der Waals surface area contributed by atoms with Crippen molar-refractivity contribution in [2.45, 2.75) is 6.61 Å². The first-order chi connectivity index (χ1) is 13.5. The zero-order chi connectivity index (χ0) is 19.9. The van der Waals surface area contributed by atoms with Gasteiger partial charge in [-0.3, -0.25) is 14.9 Å². The summed E-state index contributed by atoms with van der Waals surface area (Å²) in [5, 5.41) is 20.8. The van der Waals surface area contributed by atoms with Crippen LogP contribution in [-0.2, 0) is 6.61 Å². The highest BCUT2D eigenvalue weighted by atomic mass is 16.6. The third-order valence-corrected chi connectivity index (χ3v) is 4.03. The van der Waals surface area contributed by atoms with Crippen molar-refractivity contribution in [2.24, 2.45) is 0 Å². The molecule has 0 atom stereocenters. The molecule has 3 rings (SSSR count). The van der Waals surface area contributed by atoms with E-state index in [1.807, 2.05) is 30.3 Å². The monoisotopic (exact) mass is 375 g/mol. The lowest BCUT2D eigenvalue weighted by atomic mass is 10.1. The number of para-hydroxylation sites is 1. The van der Waals surface area contributed by atoms with E-state index in [4.69, 9.17) is 4.74 Å². The molecule has 0 unspecified atom stereocenters. The van der Waals surface area contributed by atoms with E-state index in [0.717, 1.165) is 17.2 Å². The lowest BCUT2D eigenvalue weighted by Crippen LogP contribution is -1.98. The van der Waals surface area contributed by atoms with Crippen molar-refractivity contribution in [3.63, 3.8) is 0 Å². The Bertz CT molecular complexity index is 1010. The first-order valence-electron chi connectivity index (χ1n) is 8.50. The van der Waals surface area contributed by atoms with E-state index in [-0.39, 0.29) is 5.56 Å². The van der Waals surface area contributed by atoms with E-state index < -0.39 is 22.1 Å². The Morgan fingerprint density at radius 3 is 2.39 bits per heavy atom. The number of phenols is 1. The van der Waals surface area contributed by atoms with Gasteiger partial charge in [-0.2, -0.15) is 0 Å². The molecule has 28 heavy (non-hydrogen) atoms.